The second-order valence-electron chi connectivity index (χ2n) is 8.32. The van der Waals surface area contributed by atoms with Crippen LogP contribution < -0.4 is 5.32 Å². The standard InChI is InChI=1S/C27H23FN4O2/c1-17(33)32-13-12-18-6-2-4-8-21(18)25(32)16-27(34)29-20-10-11-23-24(15-20)31-26(30-23)14-19-7-3-5-9-22(19)28/h2-13,15,25H,14,16H2,1H3,(H,29,34)(H,30,31)/t25-/m1/s1. The molecule has 0 aliphatic carbocycles. The van der Waals surface area contributed by atoms with Crippen molar-refractivity contribution in [2.75, 3.05) is 5.32 Å². The summed E-state index contributed by atoms with van der Waals surface area (Å²) in [5.74, 6) is 0.0533. The van der Waals surface area contributed by atoms with Gasteiger partial charge in [-0.25, -0.2) is 9.37 Å². The smallest absolute Gasteiger partial charge is 0.226 e. The quantitative estimate of drug-likeness (QED) is 0.435. The number of carbonyl (C=O) groups excluding carboxylic acids is 2. The number of H-pyrrole nitrogens is 1. The normalized spacial score (nSPS) is 14.8. The van der Waals surface area contributed by atoms with Gasteiger partial charge in [0, 0.05) is 25.2 Å². The van der Waals surface area contributed by atoms with Crippen LogP contribution in [0.25, 0.3) is 17.1 Å². The second-order valence-corrected chi connectivity index (χ2v) is 8.32. The van der Waals surface area contributed by atoms with Gasteiger partial charge >= 0.3 is 0 Å². The van der Waals surface area contributed by atoms with Gasteiger partial charge in [-0.05, 0) is 47.0 Å². The van der Waals surface area contributed by atoms with E-state index in [9.17, 15) is 14.0 Å². The molecule has 0 saturated heterocycles. The molecule has 0 fully saturated rings. The van der Waals surface area contributed by atoms with Gasteiger partial charge in [0.2, 0.25) is 11.8 Å². The summed E-state index contributed by atoms with van der Waals surface area (Å²) in [5, 5.41) is 2.93. The lowest BCUT2D eigenvalue weighted by Crippen LogP contribution is -2.33. The number of amides is 2. The lowest BCUT2D eigenvalue weighted by atomic mass is 9.93. The predicted octanol–water partition coefficient (Wildman–Crippen LogP) is 5.20. The third-order valence-electron chi connectivity index (χ3n) is 5.98. The van der Waals surface area contributed by atoms with E-state index >= 15 is 0 Å². The lowest BCUT2D eigenvalue weighted by Gasteiger charge is -2.32. The van der Waals surface area contributed by atoms with Crippen molar-refractivity contribution in [3.8, 4) is 0 Å². The van der Waals surface area contributed by atoms with Gasteiger partial charge in [0.05, 0.1) is 23.5 Å². The Balaban J connectivity index is 1.33. The molecule has 7 heteroatoms. The number of halogens is 1. The van der Waals surface area contributed by atoms with Crippen LogP contribution in [0.2, 0.25) is 0 Å². The number of benzene rings is 3. The van der Waals surface area contributed by atoms with Crippen molar-refractivity contribution >= 4 is 34.6 Å². The van der Waals surface area contributed by atoms with Crippen molar-refractivity contribution in [1.82, 2.24) is 14.9 Å². The summed E-state index contributed by atoms with van der Waals surface area (Å²) >= 11 is 0. The van der Waals surface area contributed by atoms with Crippen LogP contribution in [-0.4, -0.2) is 26.7 Å². The molecule has 2 heterocycles. The lowest BCUT2D eigenvalue weighted by molar-refractivity contribution is -0.129. The molecule has 0 unspecified atom stereocenters. The maximum Gasteiger partial charge on any atom is 0.226 e. The monoisotopic (exact) mass is 454 g/mol. The number of carbonyl (C=O) groups is 2. The Hall–Kier alpha value is -4.26. The minimum atomic E-state index is -0.373. The number of rotatable bonds is 5. The predicted molar refractivity (Wildman–Crippen MR) is 129 cm³/mol. The van der Waals surface area contributed by atoms with Crippen LogP contribution >= 0.6 is 0 Å². The number of aromatic amines is 1. The van der Waals surface area contributed by atoms with Crippen molar-refractivity contribution < 1.29 is 14.0 Å². The highest BCUT2D eigenvalue weighted by molar-refractivity contribution is 5.94. The number of anilines is 1. The Morgan fingerprint density at radius 3 is 2.71 bits per heavy atom. The van der Waals surface area contributed by atoms with E-state index in [1.165, 1.54) is 13.0 Å². The molecule has 5 rings (SSSR count). The Kier molecular flexibility index (Phi) is 5.67. The molecule has 1 aliphatic rings. The van der Waals surface area contributed by atoms with E-state index in [1.54, 1.807) is 35.4 Å². The molecule has 34 heavy (non-hydrogen) atoms. The van der Waals surface area contributed by atoms with Crippen molar-refractivity contribution in [2.45, 2.75) is 25.8 Å². The first kappa shape index (κ1) is 21.6. The molecule has 170 valence electrons. The molecule has 1 atom stereocenters. The fourth-order valence-corrected chi connectivity index (χ4v) is 4.35. The topological polar surface area (TPSA) is 78.1 Å². The van der Waals surface area contributed by atoms with Crippen molar-refractivity contribution in [3.63, 3.8) is 0 Å². The molecule has 1 aromatic heterocycles. The van der Waals surface area contributed by atoms with E-state index in [0.29, 0.717) is 23.5 Å². The average molecular weight is 455 g/mol. The van der Waals surface area contributed by atoms with E-state index in [0.717, 1.165) is 22.2 Å². The molecule has 2 N–H and O–H groups in total. The number of hydrogen-bond donors (Lipinski definition) is 2. The number of fused-ring (bicyclic) bond motifs is 2. The molecular formula is C27H23FN4O2. The molecule has 0 spiro atoms. The largest absolute Gasteiger partial charge is 0.342 e. The van der Waals surface area contributed by atoms with Gasteiger partial charge in [-0.2, -0.15) is 0 Å². The highest BCUT2D eigenvalue weighted by Crippen LogP contribution is 2.33. The minimum absolute atomic E-state index is 0.121. The molecule has 0 saturated carbocycles. The summed E-state index contributed by atoms with van der Waals surface area (Å²) in [4.78, 5) is 34.4. The molecule has 2 amide bonds. The molecule has 3 aromatic carbocycles. The van der Waals surface area contributed by atoms with E-state index in [4.69, 9.17) is 0 Å². The van der Waals surface area contributed by atoms with Gasteiger partial charge < -0.3 is 15.2 Å². The zero-order chi connectivity index (χ0) is 23.7. The van der Waals surface area contributed by atoms with E-state index in [1.807, 2.05) is 42.5 Å². The second kappa shape index (κ2) is 8.94. The summed E-state index contributed by atoms with van der Waals surface area (Å²) in [6.07, 6.45) is 4.09. The van der Waals surface area contributed by atoms with Crippen LogP contribution in [0.1, 0.15) is 41.9 Å². The third kappa shape index (κ3) is 4.32. The minimum Gasteiger partial charge on any atom is -0.342 e. The third-order valence-corrected chi connectivity index (χ3v) is 5.98. The fourth-order valence-electron chi connectivity index (χ4n) is 4.35. The first-order valence-corrected chi connectivity index (χ1v) is 11.1. The van der Waals surface area contributed by atoms with Crippen LogP contribution in [0.3, 0.4) is 0 Å². The number of imidazole rings is 1. The Morgan fingerprint density at radius 2 is 1.88 bits per heavy atom. The first-order chi connectivity index (χ1) is 16.5. The first-order valence-electron chi connectivity index (χ1n) is 11.1. The number of aromatic nitrogens is 2. The van der Waals surface area contributed by atoms with Gasteiger partial charge in [-0.3, -0.25) is 9.59 Å². The van der Waals surface area contributed by atoms with Crippen molar-refractivity contribution in [2.24, 2.45) is 0 Å². The van der Waals surface area contributed by atoms with Crippen molar-refractivity contribution in [3.05, 3.63) is 101 Å². The van der Waals surface area contributed by atoms with E-state index < -0.39 is 0 Å². The molecule has 1 aliphatic heterocycles. The van der Waals surface area contributed by atoms with Crippen LogP contribution in [0.5, 0.6) is 0 Å². The highest BCUT2D eigenvalue weighted by Gasteiger charge is 2.28. The summed E-state index contributed by atoms with van der Waals surface area (Å²) < 4.78 is 14.0. The van der Waals surface area contributed by atoms with Crippen molar-refractivity contribution in [1.29, 1.82) is 0 Å². The van der Waals surface area contributed by atoms with Crippen LogP contribution in [0.15, 0.2) is 72.9 Å². The maximum atomic E-state index is 14.0. The van der Waals surface area contributed by atoms with Gasteiger partial charge in [0.1, 0.15) is 11.6 Å². The SMILES string of the molecule is CC(=O)N1C=Cc2ccccc2[C@H]1CC(=O)Nc1ccc2nc(Cc3ccccc3F)[nH]c2c1. The van der Waals surface area contributed by atoms with Gasteiger partial charge in [-0.15, -0.1) is 0 Å². The number of nitrogens with one attached hydrogen (secondary N) is 2. The molecular weight excluding hydrogens is 431 g/mol. The fraction of sp³-hybridized carbons (Fsp3) is 0.148. The van der Waals surface area contributed by atoms with Crippen LogP contribution in [-0.2, 0) is 16.0 Å². The van der Waals surface area contributed by atoms with E-state index in [-0.39, 0.29) is 30.1 Å². The van der Waals surface area contributed by atoms with Crippen LogP contribution in [0.4, 0.5) is 10.1 Å². The van der Waals surface area contributed by atoms with Gasteiger partial charge in [0.15, 0.2) is 0 Å². The van der Waals surface area contributed by atoms with E-state index in [2.05, 4.69) is 15.3 Å². The number of nitrogens with zero attached hydrogens (tertiary/aromatic N) is 2. The molecule has 4 aromatic rings. The summed E-state index contributed by atoms with van der Waals surface area (Å²) in [5.41, 5.74) is 4.61. The zero-order valence-corrected chi connectivity index (χ0v) is 18.6. The molecule has 0 bridgehead atoms. The number of hydrogen-bond acceptors (Lipinski definition) is 3. The Labute approximate surface area is 196 Å². The average Bonchev–Trinajstić information content (AvgIpc) is 3.22. The zero-order valence-electron chi connectivity index (χ0n) is 18.6. The van der Waals surface area contributed by atoms with Crippen LogP contribution in [0, 0.1) is 5.82 Å². The highest BCUT2D eigenvalue weighted by atomic mass is 19.1. The Bertz CT molecular complexity index is 1430. The maximum absolute atomic E-state index is 14.0. The Morgan fingerprint density at radius 1 is 1.09 bits per heavy atom. The summed E-state index contributed by atoms with van der Waals surface area (Å²) in [6, 6.07) is 19.4. The summed E-state index contributed by atoms with van der Waals surface area (Å²) in [7, 11) is 0. The molecule has 0 radical (unpaired) electrons. The summed E-state index contributed by atoms with van der Waals surface area (Å²) in [6.45, 7) is 1.49. The molecule has 6 nitrogen and oxygen atoms in total. The van der Waals surface area contributed by atoms with Gasteiger partial charge in [0.25, 0.3) is 0 Å². The van der Waals surface area contributed by atoms with Gasteiger partial charge in [-0.1, -0.05) is 42.5 Å².